The molecule has 0 N–H and O–H groups in total. The number of imidazole rings is 1. The van der Waals surface area contributed by atoms with Gasteiger partial charge in [-0.3, -0.25) is 4.40 Å². The highest BCUT2D eigenvalue weighted by molar-refractivity contribution is 5.90. The first-order valence-electron chi connectivity index (χ1n) is 10.9. The Hall–Kier alpha value is -3.96. The Morgan fingerprint density at radius 1 is 1.09 bits per heavy atom. The zero-order valence-electron chi connectivity index (χ0n) is 18.6. The molecule has 1 unspecified atom stereocenters. The van der Waals surface area contributed by atoms with Gasteiger partial charge in [0.05, 0.1) is 30.0 Å². The van der Waals surface area contributed by atoms with Gasteiger partial charge in [-0.1, -0.05) is 12.1 Å². The van der Waals surface area contributed by atoms with Crippen LogP contribution < -0.4 is 9.47 Å². The summed E-state index contributed by atoms with van der Waals surface area (Å²) < 4.78 is 13.5. The highest BCUT2D eigenvalue weighted by Gasteiger charge is 2.24. The maximum absolute atomic E-state index is 9.22. The second-order valence-corrected chi connectivity index (χ2v) is 8.16. The number of pyridine rings is 1. The number of likely N-dealkylation sites (tertiary alicyclic amines) is 1. The van der Waals surface area contributed by atoms with Crippen LogP contribution in [-0.4, -0.2) is 57.6 Å². The number of methoxy groups -OCH3 is 1. The molecule has 0 bridgehead atoms. The highest BCUT2D eigenvalue weighted by Crippen LogP contribution is 2.36. The molecule has 0 radical (unpaired) electrons. The fourth-order valence-electron chi connectivity index (χ4n) is 4.23. The van der Waals surface area contributed by atoms with Crippen molar-refractivity contribution in [3.8, 4) is 40.3 Å². The van der Waals surface area contributed by atoms with E-state index in [2.05, 4.69) is 28.0 Å². The lowest BCUT2D eigenvalue weighted by molar-refractivity contribution is 0.0944. The van der Waals surface area contributed by atoms with Gasteiger partial charge in [-0.2, -0.15) is 10.2 Å². The summed E-state index contributed by atoms with van der Waals surface area (Å²) in [5.41, 5.74) is 4.63. The van der Waals surface area contributed by atoms with Crippen LogP contribution in [-0.2, 0) is 0 Å². The lowest BCUT2D eigenvalue weighted by atomic mass is 10.0. The lowest BCUT2D eigenvalue weighted by Gasteiger charge is -2.29. The van der Waals surface area contributed by atoms with Gasteiger partial charge in [-0.05, 0) is 44.6 Å². The van der Waals surface area contributed by atoms with Crippen molar-refractivity contribution in [3.63, 3.8) is 0 Å². The van der Waals surface area contributed by atoms with Gasteiger partial charge in [0.1, 0.15) is 6.10 Å². The first kappa shape index (κ1) is 20.9. The zero-order chi connectivity index (χ0) is 22.8. The van der Waals surface area contributed by atoms with E-state index in [0.717, 1.165) is 54.0 Å². The number of rotatable bonds is 5. The van der Waals surface area contributed by atoms with Gasteiger partial charge >= 0.3 is 6.01 Å². The Balaban J connectivity index is 1.68. The number of fused-ring (bicyclic) bond motifs is 1. The molecule has 33 heavy (non-hydrogen) atoms. The largest absolute Gasteiger partial charge is 0.481 e. The number of nitriles is 1. The molecule has 1 aromatic carbocycles. The number of likely N-dealkylation sites (N-methyl/N-ethyl adjacent to an activating group) is 1. The molecule has 0 saturated carbocycles. The Bertz CT molecular complexity index is 1310. The summed E-state index contributed by atoms with van der Waals surface area (Å²) in [5.74, 6) is 0.535. The molecule has 1 aliphatic heterocycles. The van der Waals surface area contributed by atoms with Crippen LogP contribution in [0.1, 0.15) is 18.4 Å². The molecule has 8 nitrogen and oxygen atoms in total. The molecule has 5 rings (SSSR count). The quantitative estimate of drug-likeness (QED) is 0.466. The van der Waals surface area contributed by atoms with Gasteiger partial charge in [-0.25, -0.2) is 9.97 Å². The molecule has 0 amide bonds. The molecular formula is C25H24N6O2. The third-order valence-electron chi connectivity index (χ3n) is 5.89. The minimum Gasteiger partial charge on any atom is -0.481 e. The van der Waals surface area contributed by atoms with Crippen molar-refractivity contribution >= 4 is 5.65 Å². The fourth-order valence-corrected chi connectivity index (χ4v) is 4.23. The van der Waals surface area contributed by atoms with Gasteiger partial charge in [0.2, 0.25) is 5.88 Å². The molecule has 1 atom stereocenters. The predicted molar refractivity (Wildman–Crippen MR) is 124 cm³/mol. The summed E-state index contributed by atoms with van der Waals surface area (Å²) in [6.07, 6.45) is 7.51. The fraction of sp³-hybridized carbons (Fsp3) is 0.280. The van der Waals surface area contributed by atoms with Gasteiger partial charge < -0.3 is 14.4 Å². The van der Waals surface area contributed by atoms with Crippen molar-refractivity contribution in [2.75, 3.05) is 27.2 Å². The standard InChI is InChI=1S/C25H24N6O2/c1-30-12-3-4-20(16-30)33-25-29-23(18-7-5-17(14-26)6-8-18)22(24-27-11-13-31(24)25)19-9-10-21(32-2)28-15-19/h5-11,13,15,20H,3-4,12,16H2,1-2H3. The van der Waals surface area contributed by atoms with Crippen molar-refractivity contribution in [3.05, 3.63) is 60.6 Å². The average molecular weight is 441 g/mol. The number of ether oxygens (including phenoxy) is 2. The SMILES string of the molecule is COc1ccc(-c2c(-c3ccc(C#N)cc3)nc(OC3CCCN(C)C3)n3ccnc23)cn1. The molecule has 4 heterocycles. The first-order valence-corrected chi connectivity index (χ1v) is 10.9. The molecular weight excluding hydrogens is 416 g/mol. The molecule has 0 spiro atoms. The summed E-state index contributed by atoms with van der Waals surface area (Å²) in [6.45, 7) is 1.93. The zero-order valence-corrected chi connectivity index (χ0v) is 18.6. The van der Waals surface area contributed by atoms with Gasteiger partial charge in [0, 0.05) is 42.3 Å². The molecule has 166 valence electrons. The number of hydrogen-bond donors (Lipinski definition) is 0. The number of hydrogen-bond acceptors (Lipinski definition) is 7. The van der Waals surface area contributed by atoms with E-state index in [1.807, 2.05) is 34.9 Å². The number of piperidine rings is 1. The first-order chi connectivity index (χ1) is 16.2. The van der Waals surface area contributed by atoms with Crippen LogP contribution in [0, 0.1) is 11.3 Å². The minimum absolute atomic E-state index is 0.0594. The Morgan fingerprint density at radius 3 is 2.61 bits per heavy atom. The van der Waals surface area contributed by atoms with Crippen LogP contribution in [0.5, 0.6) is 11.9 Å². The predicted octanol–water partition coefficient (Wildman–Crippen LogP) is 3.81. The summed E-state index contributed by atoms with van der Waals surface area (Å²) in [6, 6.07) is 13.8. The van der Waals surface area contributed by atoms with Crippen molar-refractivity contribution < 1.29 is 9.47 Å². The summed E-state index contributed by atoms with van der Waals surface area (Å²) in [4.78, 5) is 16.3. The van der Waals surface area contributed by atoms with Crippen LogP contribution in [0.4, 0.5) is 0 Å². The number of aromatic nitrogens is 4. The van der Waals surface area contributed by atoms with Crippen molar-refractivity contribution in [1.29, 1.82) is 5.26 Å². The van der Waals surface area contributed by atoms with E-state index < -0.39 is 0 Å². The molecule has 1 saturated heterocycles. The Morgan fingerprint density at radius 2 is 1.91 bits per heavy atom. The maximum atomic E-state index is 9.22. The molecule has 8 heteroatoms. The Labute approximate surface area is 192 Å². The van der Waals surface area contributed by atoms with Gasteiger partial charge in [0.15, 0.2) is 5.65 Å². The molecule has 0 aliphatic carbocycles. The molecule has 1 aliphatic rings. The second kappa shape index (κ2) is 8.88. The third kappa shape index (κ3) is 4.11. The van der Waals surface area contributed by atoms with Crippen LogP contribution >= 0.6 is 0 Å². The average Bonchev–Trinajstić information content (AvgIpc) is 3.34. The van der Waals surface area contributed by atoms with Gasteiger partial charge in [-0.15, -0.1) is 0 Å². The summed E-state index contributed by atoms with van der Waals surface area (Å²) >= 11 is 0. The minimum atomic E-state index is 0.0594. The molecule has 3 aromatic heterocycles. The number of benzene rings is 1. The van der Waals surface area contributed by atoms with E-state index in [9.17, 15) is 5.26 Å². The van der Waals surface area contributed by atoms with Crippen molar-refractivity contribution in [2.24, 2.45) is 0 Å². The van der Waals surface area contributed by atoms with E-state index in [4.69, 9.17) is 14.5 Å². The second-order valence-electron chi connectivity index (χ2n) is 8.16. The van der Waals surface area contributed by atoms with Crippen molar-refractivity contribution in [1.82, 2.24) is 24.3 Å². The topological polar surface area (TPSA) is 88.6 Å². The molecule has 4 aromatic rings. The van der Waals surface area contributed by atoms with Crippen LogP contribution in [0.15, 0.2) is 55.0 Å². The van der Waals surface area contributed by atoms with E-state index in [1.165, 1.54) is 0 Å². The number of nitrogens with zero attached hydrogens (tertiary/aromatic N) is 6. The lowest BCUT2D eigenvalue weighted by Crippen LogP contribution is -2.39. The maximum Gasteiger partial charge on any atom is 0.303 e. The van der Waals surface area contributed by atoms with E-state index >= 15 is 0 Å². The highest BCUT2D eigenvalue weighted by atomic mass is 16.5. The van der Waals surface area contributed by atoms with E-state index in [0.29, 0.717) is 17.5 Å². The normalized spacial score (nSPS) is 16.5. The summed E-state index contributed by atoms with van der Waals surface area (Å²) in [5, 5.41) is 9.22. The van der Waals surface area contributed by atoms with Crippen LogP contribution in [0.3, 0.4) is 0 Å². The van der Waals surface area contributed by atoms with Crippen LogP contribution in [0.2, 0.25) is 0 Å². The van der Waals surface area contributed by atoms with Crippen LogP contribution in [0.25, 0.3) is 28.0 Å². The molecule has 1 fully saturated rings. The van der Waals surface area contributed by atoms with Gasteiger partial charge in [0.25, 0.3) is 0 Å². The Kier molecular flexibility index (Phi) is 5.63. The third-order valence-corrected chi connectivity index (χ3v) is 5.89. The van der Waals surface area contributed by atoms with E-state index in [1.54, 1.807) is 31.6 Å². The van der Waals surface area contributed by atoms with E-state index in [-0.39, 0.29) is 6.10 Å². The smallest absolute Gasteiger partial charge is 0.303 e. The van der Waals surface area contributed by atoms with Crippen molar-refractivity contribution in [2.45, 2.75) is 18.9 Å². The summed E-state index contributed by atoms with van der Waals surface area (Å²) in [7, 11) is 3.70. The monoisotopic (exact) mass is 440 g/mol.